The maximum atomic E-state index is 11.9. The van der Waals surface area contributed by atoms with Crippen LogP contribution in [0.4, 0.5) is 0 Å². The maximum absolute atomic E-state index is 11.9. The molecule has 0 radical (unpaired) electrons. The Hall–Kier alpha value is -2.14. The molecule has 1 aromatic rings. The Morgan fingerprint density at radius 1 is 1.10 bits per heavy atom. The van der Waals surface area contributed by atoms with Gasteiger partial charge in [0.15, 0.2) is 0 Å². The van der Waals surface area contributed by atoms with Crippen LogP contribution < -0.4 is 0 Å². The Labute approximate surface area is 117 Å². The molecule has 2 rings (SSSR count). The lowest BCUT2D eigenvalue weighted by Crippen LogP contribution is -2.37. The number of benzene rings is 1. The van der Waals surface area contributed by atoms with Gasteiger partial charge in [0.2, 0.25) is 6.29 Å². The first-order valence-electron chi connectivity index (χ1n) is 6.33. The molecule has 5 heteroatoms. The minimum Gasteiger partial charge on any atom is -0.452 e. The minimum absolute atomic E-state index is 0.392. The summed E-state index contributed by atoms with van der Waals surface area (Å²) in [5.41, 5.74) is 0.482. The van der Waals surface area contributed by atoms with E-state index in [9.17, 15) is 9.59 Å². The van der Waals surface area contributed by atoms with E-state index in [2.05, 4.69) is 0 Å². The monoisotopic (exact) mass is 276 g/mol. The van der Waals surface area contributed by atoms with E-state index in [-0.39, 0.29) is 0 Å². The highest BCUT2D eigenvalue weighted by molar-refractivity contribution is 5.89. The highest BCUT2D eigenvalue weighted by Gasteiger charge is 2.28. The number of carbonyl (C=O) groups is 2. The second-order valence-corrected chi connectivity index (χ2v) is 4.44. The van der Waals surface area contributed by atoms with Gasteiger partial charge < -0.3 is 14.2 Å². The Bertz CT molecular complexity index is 508. The summed E-state index contributed by atoms with van der Waals surface area (Å²) in [4.78, 5) is 22.8. The first-order valence-corrected chi connectivity index (χ1v) is 6.33. The molecule has 0 saturated heterocycles. The van der Waals surface area contributed by atoms with Crippen molar-refractivity contribution in [1.29, 1.82) is 0 Å². The average Bonchev–Trinajstić information content (AvgIpc) is 2.42. The molecule has 106 valence electrons. The number of rotatable bonds is 3. The van der Waals surface area contributed by atoms with Crippen LogP contribution in [0.15, 0.2) is 42.5 Å². The topological polar surface area (TPSA) is 61.8 Å². The first kappa shape index (κ1) is 14.3. The molecule has 0 amide bonds. The third-order valence-electron chi connectivity index (χ3n) is 2.80. The summed E-state index contributed by atoms with van der Waals surface area (Å²) in [7, 11) is 0. The summed E-state index contributed by atoms with van der Waals surface area (Å²) in [6.45, 7) is 3.06. The van der Waals surface area contributed by atoms with Crippen LogP contribution in [0.1, 0.15) is 24.2 Å². The van der Waals surface area contributed by atoms with Crippen LogP contribution >= 0.6 is 0 Å². The smallest absolute Gasteiger partial charge is 0.338 e. The van der Waals surface area contributed by atoms with Crippen molar-refractivity contribution in [1.82, 2.24) is 0 Å². The average molecular weight is 276 g/mol. The predicted molar refractivity (Wildman–Crippen MR) is 70.9 cm³/mol. The lowest BCUT2D eigenvalue weighted by atomic mass is 10.1. The number of hydrogen-bond donors (Lipinski definition) is 0. The summed E-state index contributed by atoms with van der Waals surface area (Å²) >= 11 is 0. The van der Waals surface area contributed by atoms with Gasteiger partial charge in [-0.3, -0.25) is 4.79 Å². The molecule has 0 aromatic heterocycles. The fraction of sp³-hybridized carbons (Fsp3) is 0.333. The van der Waals surface area contributed by atoms with Crippen molar-refractivity contribution in [3.05, 3.63) is 48.0 Å². The van der Waals surface area contributed by atoms with Gasteiger partial charge in [-0.25, -0.2) is 4.79 Å². The lowest BCUT2D eigenvalue weighted by molar-refractivity contribution is -0.184. The van der Waals surface area contributed by atoms with E-state index in [0.717, 1.165) is 0 Å². The van der Waals surface area contributed by atoms with Crippen molar-refractivity contribution >= 4 is 11.9 Å². The summed E-state index contributed by atoms with van der Waals surface area (Å²) < 4.78 is 15.7. The molecule has 0 fully saturated rings. The van der Waals surface area contributed by atoms with Crippen LogP contribution in [0, 0.1) is 0 Å². The van der Waals surface area contributed by atoms with Gasteiger partial charge in [0, 0.05) is 6.92 Å². The highest BCUT2D eigenvalue weighted by atomic mass is 16.7. The molecule has 1 aliphatic rings. The molecule has 20 heavy (non-hydrogen) atoms. The van der Waals surface area contributed by atoms with Crippen molar-refractivity contribution in [2.24, 2.45) is 0 Å². The molecule has 1 aliphatic heterocycles. The summed E-state index contributed by atoms with van der Waals surface area (Å²) in [5, 5.41) is 0. The molecule has 3 atom stereocenters. The highest BCUT2D eigenvalue weighted by Crippen LogP contribution is 2.18. The SMILES string of the molecule is CC(=O)O[C@H]1C=C[C@@H](OC(=O)c2ccccc2)[C@H](C)O1. The van der Waals surface area contributed by atoms with Crippen LogP contribution in [-0.4, -0.2) is 30.4 Å². The molecule has 0 spiro atoms. The number of carbonyl (C=O) groups excluding carboxylic acids is 2. The van der Waals surface area contributed by atoms with Gasteiger partial charge in [0.1, 0.15) is 6.10 Å². The van der Waals surface area contributed by atoms with Gasteiger partial charge in [-0.1, -0.05) is 18.2 Å². The molecular formula is C15H16O5. The van der Waals surface area contributed by atoms with E-state index in [1.165, 1.54) is 6.92 Å². The Morgan fingerprint density at radius 2 is 1.80 bits per heavy atom. The summed E-state index contributed by atoms with van der Waals surface area (Å²) in [5.74, 6) is -0.840. The number of ether oxygens (including phenoxy) is 3. The predicted octanol–water partition coefficient (Wildman–Crippen LogP) is 2.08. The van der Waals surface area contributed by atoms with E-state index in [1.54, 1.807) is 43.3 Å². The van der Waals surface area contributed by atoms with Gasteiger partial charge >= 0.3 is 11.9 Å². The Kier molecular flexibility index (Phi) is 4.53. The van der Waals surface area contributed by atoms with Crippen LogP contribution in [-0.2, 0) is 19.0 Å². The quantitative estimate of drug-likeness (QED) is 0.624. The van der Waals surface area contributed by atoms with Gasteiger partial charge in [0.25, 0.3) is 0 Å². The Balaban J connectivity index is 1.97. The standard InChI is InChI=1S/C15H16O5/c1-10-13(8-9-14(18-10)19-11(2)16)20-15(17)12-6-4-3-5-7-12/h3-10,13-14H,1-2H3/t10-,13+,14-/m0/s1. The second kappa shape index (κ2) is 6.34. The molecule has 0 N–H and O–H groups in total. The van der Waals surface area contributed by atoms with Gasteiger partial charge in [0.05, 0.1) is 11.7 Å². The molecule has 1 heterocycles. The maximum Gasteiger partial charge on any atom is 0.338 e. The molecule has 0 unspecified atom stereocenters. The summed E-state index contributed by atoms with van der Waals surface area (Å²) in [6.07, 6.45) is 1.60. The van der Waals surface area contributed by atoms with Crippen molar-refractivity contribution in [3.63, 3.8) is 0 Å². The van der Waals surface area contributed by atoms with E-state index < -0.39 is 30.4 Å². The third-order valence-corrected chi connectivity index (χ3v) is 2.80. The second-order valence-electron chi connectivity index (χ2n) is 4.44. The van der Waals surface area contributed by atoms with E-state index >= 15 is 0 Å². The molecule has 0 saturated carbocycles. The lowest BCUT2D eigenvalue weighted by Gasteiger charge is -2.29. The molecule has 0 aliphatic carbocycles. The first-order chi connectivity index (χ1) is 9.56. The van der Waals surface area contributed by atoms with E-state index in [4.69, 9.17) is 14.2 Å². The van der Waals surface area contributed by atoms with E-state index in [1.807, 2.05) is 6.07 Å². The van der Waals surface area contributed by atoms with Gasteiger partial charge in [-0.2, -0.15) is 0 Å². The fourth-order valence-corrected chi connectivity index (χ4v) is 1.82. The molecule has 5 nitrogen and oxygen atoms in total. The van der Waals surface area contributed by atoms with Crippen LogP contribution in [0.2, 0.25) is 0 Å². The molecular weight excluding hydrogens is 260 g/mol. The normalized spacial score (nSPS) is 25.0. The van der Waals surface area contributed by atoms with Crippen molar-refractivity contribution in [2.45, 2.75) is 32.3 Å². The van der Waals surface area contributed by atoms with Crippen LogP contribution in [0.5, 0.6) is 0 Å². The van der Waals surface area contributed by atoms with Crippen molar-refractivity contribution in [3.8, 4) is 0 Å². The van der Waals surface area contributed by atoms with Crippen molar-refractivity contribution in [2.75, 3.05) is 0 Å². The zero-order valence-corrected chi connectivity index (χ0v) is 11.3. The fourth-order valence-electron chi connectivity index (χ4n) is 1.82. The number of hydrogen-bond acceptors (Lipinski definition) is 5. The zero-order valence-electron chi connectivity index (χ0n) is 11.3. The van der Waals surface area contributed by atoms with Gasteiger partial charge in [-0.05, 0) is 31.2 Å². The van der Waals surface area contributed by atoms with Crippen LogP contribution in [0.3, 0.4) is 0 Å². The third kappa shape index (κ3) is 3.68. The van der Waals surface area contributed by atoms with Gasteiger partial charge in [-0.15, -0.1) is 0 Å². The summed E-state index contributed by atoms with van der Waals surface area (Å²) in [6, 6.07) is 8.73. The zero-order chi connectivity index (χ0) is 14.5. The van der Waals surface area contributed by atoms with Crippen molar-refractivity contribution < 1.29 is 23.8 Å². The van der Waals surface area contributed by atoms with E-state index in [0.29, 0.717) is 5.56 Å². The molecule has 0 bridgehead atoms. The molecule has 1 aromatic carbocycles. The largest absolute Gasteiger partial charge is 0.452 e. The number of esters is 2. The minimum atomic E-state index is -0.728. The Morgan fingerprint density at radius 3 is 2.40 bits per heavy atom. The van der Waals surface area contributed by atoms with Crippen LogP contribution in [0.25, 0.3) is 0 Å².